The van der Waals surface area contributed by atoms with Crippen LogP contribution in [0.5, 0.6) is 5.75 Å². The zero-order valence-electron chi connectivity index (χ0n) is 8.51. The standard InChI is InChI=1S/C10H11F3O3/c1-16-9-6(4-14)2-8(10(11,12)13)3-7(9)5-15/h2-3,14-15H,4-5H2,1H3. The SMILES string of the molecule is COc1c(CO)cc(C(F)(F)F)cc1CO. The fourth-order valence-corrected chi connectivity index (χ4v) is 1.42. The molecule has 1 rings (SSSR count). The van der Waals surface area contributed by atoms with Crippen LogP contribution in [-0.4, -0.2) is 17.3 Å². The molecule has 16 heavy (non-hydrogen) atoms. The van der Waals surface area contributed by atoms with Gasteiger partial charge >= 0.3 is 6.18 Å². The molecule has 0 fully saturated rings. The summed E-state index contributed by atoms with van der Waals surface area (Å²) < 4.78 is 42.2. The van der Waals surface area contributed by atoms with Gasteiger partial charge in [-0.15, -0.1) is 0 Å². The molecule has 0 spiro atoms. The summed E-state index contributed by atoms with van der Waals surface area (Å²) >= 11 is 0. The molecule has 90 valence electrons. The highest BCUT2D eigenvalue weighted by atomic mass is 19.4. The fraction of sp³-hybridized carbons (Fsp3) is 0.400. The number of aliphatic hydroxyl groups excluding tert-OH is 2. The van der Waals surface area contributed by atoms with Gasteiger partial charge in [0.15, 0.2) is 0 Å². The Morgan fingerprint density at radius 3 is 1.81 bits per heavy atom. The predicted molar refractivity (Wildman–Crippen MR) is 49.8 cm³/mol. The number of alkyl halides is 3. The van der Waals surface area contributed by atoms with Gasteiger partial charge in [0.05, 0.1) is 25.9 Å². The molecule has 0 aliphatic heterocycles. The van der Waals surface area contributed by atoms with Crippen LogP contribution >= 0.6 is 0 Å². The van der Waals surface area contributed by atoms with Crippen molar-refractivity contribution in [2.24, 2.45) is 0 Å². The number of rotatable bonds is 3. The minimum atomic E-state index is -4.51. The molecule has 0 radical (unpaired) electrons. The lowest BCUT2D eigenvalue weighted by Gasteiger charge is -2.15. The maximum Gasteiger partial charge on any atom is 0.416 e. The summed E-state index contributed by atoms with van der Waals surface area (Å²) in [5.74, 6) is 0.0815. The van der Waals surface area contributed by atoms with E-state index in [4.69, 9.17) is 14.9 Å². The summed E-state index contributed by atoms with van der Waals surface area (Å²) in [6.45, 7) is -1.17. The quantitative estimate of drug-likeness (QED) is 0.839. The van der Waals surface area contributed by atoms with E-state index in [2.05, 4.69) is 0 Å². The van der Waals surface area contributed by atoms with Crippen molar-refractivity contribution < 1.29 is 28.1 Å². The average Bonchev–Trinajstić information content (AvgIpc) is 2.25. The summed E-state index contributed by atoms with van der Waals surface area (Å²) in [4.78, 5) is 0. The lowest BCUT2D eigenvalue weighted by Crippen LogP contribution is -2.08. The molecular formula is C10H11F3O3. The van der Waals surface area contributed by atoms with E-state index in [-0.39, 0.29) is 16.9 Å². The van der Waals surface area contributed by atoms with Gasteiger partial charge in [-0.05, 0) is 12.1 Å². The van der Waals surface area contributed by atoms with Crippen LogP contribution in [0.1, 0.15) is 16.7 Å². The highest BCUT2D eigenvalue weighted by Crippen LogP contribution is 2.35. The third-order valence-electron chi connectivity index (χ3n) is 2.11. The zero-order chi connectivity index (χ0) is 12.3. The van der Waals surface area contributed by atoms with Gasteiger partial charge in [0, 0.05) is 11.1 Å². The first-order valence-electron chi connectivity index (χ1n) is 4.42. The predicted octanol–water partition coefficient (Wildman–Crippen LogP) is 1.70. The van der Waals surface area contributed by atoms with Gasteiger partial charge in [0.2, 0.25) is 0 Å². The van der Waals surface area contributed by atoms with E-state index in [1.807, 2.05) is 0 Å². The fourth-order valence-electron chi connectivity index (χ4n) is 1.42. The van der Waals surface area contributed by atoms with Crippen molar-refractivity contribution in [2.45, 2.75) is 19.4 Å². The second-order valence-corrected chi connectivity index (χ2v) is 3.14. The molecule has 0 aliphatic rings. The number of halogens is 3. The van der Waals surface area contributed by atoms with Crippen molar-refractivity contribution in [3.63, 3.8) is 0 Å². The molecule has 0 unspecified atom stereocenters. The Morgan fingerprint density at radius 1 is 1.12 bits per heavy atom. The first-order chi connectivity index (χ1) is 7.43. The molecule has 2 N–H and O–H groups in total. The molecule has 1 aromatic carbocycles. The molecule has 0 heterocycles. The lowest BCUT2D eigenvalue weighted by molar-refractivity contribution is -0.137. The van der Waals surface area contributed by atoms with Crippen LogP contribution < -0.4 is 4.74 Å². The van der Waals surface area contributed by atoms with Gasteiger partial charge in [-0.2, -0.15) is 13.2 Å². The van der Waals surface area contributed by atoms with Crippen molar-refractivity contribution in [3.8, 4) is 5.75 Å². The first kappa shape index (κ1) is 12.8. The molecule has 0 bridgehead atoms. The van der Waals surface area contributed by atoms with Crippen LogP contribution in [0.25, 0.3) is 0 Å². The van der Waals surface area contributed by atoms with Gasteiger partial charge in [-0.25, -0.2) is 0 Å². The number of hydrogen-bond acceptors (Lipinski definition) is 3. The highest BCUT2D eigenvalue weighted by molar-refractivity contribution is 5.45. The molecule has 6 heteroatoms. The molecule has 1 aromatic rings. The second kappa shape index (κ2) is 4.71. The number of benzene rings is 1. The summed E-state index contributed by atoms with van der Waals surface area (Å²) in [7, 11) is 1.26. The van der Waals surface area contributed by atoms with Crippen molar-refractivity contribution >= 4 is 0 Å². The summed E-state index contributed by atoms with van der Waals surface area (Å²) in [6.07, 6.45) is -4.51. The molecule has 0 atom stereocenters. The van der Waals surface area contributed by atoms with Crippen molar-refractivity contribution in [1.82, 2.24) is 0 Å². The van der Waals surface area contributed by atoms with Crippen LogP contribution in [0.3, 0.4) is 0 Å². The smallest absolute Gasteiger partial charge is 0.416 e. The highest BCUT2D eigenvalue weighted by Gasteiger charge is 2.32. The molecule has 0 aliphatic carbocycles. The van der Waals surface area contributed by atoms with E-state index in [9.17, 15) is 13.2 Å². The van der Waals surface area contributed by atoms with E-state index >= 15 is 0 Å². The molecule has 0 saturated carbocycles. The van der Waals surface area contributed by atoms with Crippen LogP contribution in [0.4, 0.5) is 13.2 Å². The number of methoxy groups -OCH3 is 1. The molecule has 0 aromatic heterocycles. The van der Waals surface area contributed by atoms with E-state index in [0.29, 0.717) is 0 Å². The minimum absolute atomic E-state index is 0.00127. The summed E-state index contributed by atoms with van der Waals surface area (Å²) in [6, 6.07) is 1.61. The van der Waals surface area contributed by atoms with Crippen molar-refractivity contribution in [1.29, 1.82) is 0 Å². The van der Waals surface area contributed by atoms with Crippen LogP contribution in [0.2, 0.25) is 0 Å². The maximum atomic E-state index is 12.5. The van der Waals surface area contributed by atoms with E-state index in [0.717, 1.165) is 12.1 Å². The third kappa shape index (κ3) is 2.45. The van der Waals surface area contributed by atoms with Gasteiger partial charge in [-0.3, -0.25) is 0 Å². The van der Waals surface area contributed by atoms with Gasteiger partial charge < -0.3 is 14.9 Å². The third-order valence-corrected chi connectivity index (χ3v) is 2.11. The number of ether oxygens (including phenoxy) is 1. The summed E-state index contributed by atoms with van der Waals surface area (Å²) in [5, 5.41) is 17.9. The van der Waals surface area contributed by atoms with Gasteiger partial charge in [0.1, 0.15) is 5.75 Å². The zero-order valence-corrected chi connectivity index (χ0v) is 8.51. The topological polar surface area (TPSA) is 49.7 Å². The van der Waals surface area contributed by atoms with E-state index in [1.54, 1.807) is 0 Å². The largest absolute Gasteiger partial charge is 0.496 e. The van der Waals surface area contributed by atoms with Crippen LogP contribution in [0, 0.1) is 0 Å². The van der Waals surface area contributed by atoms with Crippen LogP contribution in [0.15, 0.2) is 12.1 Å². The van der Waals surface area contributed by atoms with Gasteiger partial charge in [0.25, 0.3) is 0 Å². The molecule has 0 amide bonds. The Hall–Kier alpha value is -1.27. The summed E-state index contributed by atoms with van der Waals surface area (Å²) in [5.41, 5.74) is -0.913. The molecular weight excluding hydrogens is 225 g/mol. The Bertz CT molecular complexity index is 349. The lowest BCUT2D eigenvalue weighted by atomic mass is 10.0. The molecule has 3 nitrogen and oxygen atoms in total. The average molecular weight is 236 g/mol. The Kier molecular flexibility index (Phi) is 3.77. The minimum Gasteiger partial charge on any atom is -0.496 e. The maximum absolute atomic E-state index is 12.5. The second-order valence-electron chi connectivity index (χ2n) is 3.14. The van der Waals surface area contributed by atoms with Crippen molar-refractivity contribution in [2.75, 3.05) is 7.11 Å². The van der Waals surface area contributed by atoms with Crippen molar-refractivity contribution in [3.05, 3.63) is 28.8 Å². The van der Waals surface area contributed by atoms with E-state index in [1.165, 1.54) is 7.11 Å². The first-order valence-corrected chi connectivity index (χ1v) is 4.42. The Morgan fingerprint density at radius 2 is 1.56 bits per heavy atom. The monoisotopic (exact) mass is 236 g/mol. The Balaban J connectivity index is 3.37. The van der Waals surface area contributed by atoms with Gasteiger partial charge in [-0.1, -0.05) is 0 Å². The normalized spacial score (nSPS) is 11.6. The number of aliphatic hydroxyl groups is 2. The van der Waals surface area contributed by atoms with Crippen LogP contribution in [-0.2, 0) is 19.4 Å². The van der Waals surface area contributed by atoms with E-state index < -0.39 is 25.0 Å². The molecule has 0 saturated heterocycles. The Labute approximate surface area is 90.1 Å². The number of hydrogen-bond donors (Lipinski definition) is 2.